The molecule has 7 heavy (non-hydrogen) atoms. The SMILES string of the molecule is O=P(O)(O)O.[Ba+2].[H-].[H-].[Y]. The molecule has 0 bridgehead atoms. The molecule has 0 rings (SSSR count). The number of hydrogen-bond donors (Lipinski definition) is 3. The van der Waals surface area contributed by atoms with Crippen molar-refractivity contribution in [1.82, 2.24) is 0 Å². The third-order valence-corrected chi connectivity index (χ3v) is 0. The average Bonchev–Trinajstić information content (AvgIpc) is 0.722. The van der Waals surface area contributed by atoms with Crippen molar-refractivity contribution in [3.63, 3.8) is 0 Å². The van der Waals surface area contributed by atoms with E-state index in [4.69, 9.17) is 19.2 Å². The van der Waals surface area contributed by atoms with Crippen LogP contribution in [0.15, 0.2) is 0 Å². The van der Waals surface area contributed by atoms with Crippen LogP contribution in [0.2, 0.25) is 0 Å². The van der Waals surface area contributed by atoms with Gasteiger partial charge in [0.25, 0.3) is 0 Å². The van der Waals surface area contributed by atoms with Gasteiger partial charge in [-0.1, -0.05) is 0 Å². The molecule has 0 spiro atoms. The van der Waals surface area contributed by atoms with Crippen molar-refractivity contribution in [2.75, 3.05) is 0 Å². The molecule has 0 aromatic rings. The molecule has 3 N–H and O–H groups in total. The summed E-state index contributed by atoms with van der Waals surface area (Å²) >= 11 is 0. The summed E-state index contributed by atoms with van der Waals surface area (Å²) in [5.74, 6) is 0. The number of rotatable bonds is 0. The first-order valence-electron chi connectivity index (χ1n) is 0.783. The summed E-state index contributed by atoms with van der Waals surface area (Å²) in [4.78, 5) is 21.6. The molecule has 7 heteroatoms. The molecule has 0 atom stereocenters. The molecule has 1 radical (unpaired) electrons. The van der Waals surface area contributed by atoms with Crippen LogP contribution in [0.25, 0.3) is 0 Å². The van der Waals surface area contributed by atoms with E-state index in [1.165, 1.54) is 0 Å². The van der Waals surface area contributed by atoms with E-state index in [-0.39, 0.29) is 84.4 Å². The fourth-order valence-electron chi connectivity index (χ4n) is 0. The Labute approximate surface area is 109 Å². The standard InChI is InChI=1S/Ba.H3O4P.Y.2H/c;1-5(2,3)4;;;/h;(H3,1,2,3,4);;;/q+2;;;2*-1. The maximum absolute atomic E-state index is 8.88. The summed E-state index contributed by atoms with van der Waals surface area (Å²) in [6.45, 7) is 0. The molecule has 0 aromatic heterocycles. The minimum absolute atomic E-state index is 0. The summed E-state index contributed by atoms with van der Waals surface area (Å²) in [7, 11) is -4.64. The second-order valence-electron chi connectivity index (χ2n) is 0.513. The van der Waals surface area contributed by atoms with Gasteiger partial charge < -0.3 is 17.5 Å². The Hall–Kier alpha value is 2.79. The summed E-state index contributed by atoms with van der Waals surface area (Å²) in [5, 5.41) is 0. The van der Waals surface area contributed by atoms with Gasteiger partial charge in [-0.05, 0) is 0 Å². The predicted octanol–water partition coefficient (Wildman–Crippen LogP) is -1.09. The van der Waals surface area contributed by atoms with E-state index in [0.717, 1.165) is 0 Å². The molecule has 0 aliphatic rings. The Bertz CT molecular complexity index is 64.7. The zero-order valence-corrected chi connectivity index (χ0v) is 11.7. The summed E-state index contributed by atoms with van der Waals surface area (Å²) in [6, 6.07) is 0. The second-order valence-corrected chi connectivity index (χ2v) is 1.54. The summed E-state index contributed by atoms with van der Waals surface area (Å²) in [6.07, 6.45) is 0. The normalized spacial score (nSPS) is 8.43. The van der Waals surface area contributed by atoms with E-state index >= 15 is 0 Å². The zero-order valence-electron chi connectivity index (χ0n) is 5.48. The van der Waals surface area contributed by atoms with Crippen LogP contribution in [-0.4, -0.2) is 63.6 Å². The van der Waals surface area contributed by atoms with Crippen LogP contribution >= 0.6 is 7.82 Å². The van der Waals surface area contributed by atoms with Crippen molar-refractivity contribution in [3.05, 3.63) is 0 Å². The van der Waals surface area contributed by atoms with E-state index in [1.807, 2.05) is 0 Å². The molecule has 0 unspecified atom stereocenters. The van der Waals surface area contributed by atoms with E-state index in [2.05, 4.69) is 0 Å². The van der Waals surface area contributed by atoms with Crippen molar-refractivity contribution < 1.29 is 54.8 Å². The van der Waals surface area contributed by atoms with Gasteiger partial charge in [-0.3, -0.25) is 0 Å². The second kappa shape index (κ2) is 6.90. The van der Waals surface area contributed by atoms with Gasteiger partial charge in [-0.2, -0.15) is 0 Å². The van der Waals surface area contributed by atoms with Crippen LogP contribution in [-0.2, 0) is 37.3 Å². The predicted molar refractivity (Wildman–Crippen MR) is 22.2 cm³/mol. The van der Waals surface area contributed by atoms with Crippen molar-refractivity contribution >= 4 is 56.7 Å². The molecule has 39 valence electrons. The first-order valence-corrected chi connectivity index (χ1v) is 2.35. The Balaban J connectivity index is -0.0000000133. The number of hydrogen-bond acceptors (Lipinski definition) is 1. The largest absolute Gasteiger partial charge is 2.00 e. The topological polar surface area (TPSA) is 77.8 Å². The monoisotopic (exact) mass is 327 g/mol. The van der Waals surface area contributed by atoms with Crippen LogP contribution in [0.3, 0.4) is 0 Å². The molecule has 0 saturated heterocycles. The molecule has 0 fully saturated rings. The van der Waals surface area contributed by atoms with Crippen LogP contribution < -0.4 is 0 Å². The summed E-state index contributed by atoms with van der Waals surface area (Å²) < 4.78 is 8.88. The molecule has 0 aliphatic heterocycles. The van der Waals surface area contributed by atoms with Gasteiger partial charge in [0.05, 0.1) is 0 Å². The Kier molecular flexibility index (Phi) is 16.2. The van der Waals surface area contributed by atoms with Crippen LogP contribution in [0.5, 0.6) is 0 Å². The maximum atomic E-state index is 8.88. The van der Waals surface area contributed by atoms with Gasteiger partial charge in [0.2, 0.25) is 0 Å². The quantitative estimate of drug-likeness (QED) is 0.391. The third-order valence-electron chi connectivity index (χ3n) is 0. The smallest absolute Gasteiger partial charge is 1.00 e. The van der Waals surface area contributed by atoms with Crippen molar-refractivity contribution in [2.45, 2.75) is 0 Å². The van der Waals surface area contributed by atoms with Crippen molar-refractivity contribution in [3.8, 4) is 0 Å². The minimum Gasteiger partial charge on any atom is -1.00 e. The average molecular weight is 326 g/mol. The molecule has 0 aromatic carbocycles. The number of phosphoric acid groups is 1. The first kappa shape index (κ1) is 16.4. The van der Waals surface area contributed by atoms with E-state index in [1.54, 1.807) is 0 Å². The Morgan fingerprint density at radius 1 is 1.29 bits per heavy atom. The molecule has 4 nitrogen and oxygen atoms in total. The van der Waals surface area contributed by atoms with E-state index < -0.39 is 7.82 Å². The van der Waals surface area contributed by atoms with Crippen LogP contribution in [0.4, 0.5) is 0 Å². The van der Waals surface area contributed by atoms with E-state index in [0.29, 0.717) is 0 Å². The van der Waals surface area contributed by atoms with Gasteiger partial charge in [0.15, 0.2) is 0 Å². The van der Waals surface area contributed by atoms with Gasteiger partial charge in [-0.25, -0.2) is 4.57 Å². The molecule has 0 saturated carbocycles. The van der Waals surface area contributed by atoms with Gasteiger partial charge >= 0.3 is 56.7 Å². The Morgan fingerprint density at radius 3 is 1.29 bits per heavy atom. The molecular weight excluding hydrogens is 321 g/mol. The van der Waals surface area contributed by atoms with Crippen molar-refractivity contribution in [1.29, 1.82) is 0 Å². The molecule has 0 amide bonds. The summed E-state index contributed by atoms with van der Waals surface area (Å²) in [5.41, 5.74) is 0. The minimum atomic E-state index is -4.64. The van der Waals surface area contributed by atoms with Gasteiger partial charge in [-0.15, -0.1) is 0 Å². The van der Waals surface area contributed by atoms with Crippen molar-refractivity contribution in [2.24, 2.45) is 0 Å². The third kappa shape index (κ3) is 52.1. The van der Waals surface area contributed by atoms with Crippen LogP contribution in [0, 0.1) is 0 Å². The molecule has 0 heterocycles. The zero-order chi connectivity index (χ0) is 4.50. The fourth-order valence-corrected chi connectivity index (χ4v) is 0. The fraction of sp³-hybridized carbons (Fsp3) is 0. The van der Waals surface area contributed by atoms with Crippen LogP contribution in [0.1, 0.15) is 2.85 Å². The van der Waals surface area contributed by atoms with E-state index in [9.17, 15) is 0 Å². The maximum Gasteiger partial charge on any atom is 2.00 e. The van der Waals surface area contributed by atoms with Gasteiger partial charge in [0.1, 0.15) is 0 Å². The molecule has 0 aliphatic carbocycles. The Morgan fingerprint density at radius 2 is 1.29 bits per heavy atom. The molecular formula is H5BaO4PY. The van der Waals surface area contributed by atoms with Gasteiger partial charge in [0, 0.05) is 32.7 Å². The first-order chi connectivity index (χ1) is 2.00.